The molecule has 0 aliphatic heterocycles. The maximum atomic E-state index is 12.1. The summed E-state index contributed by atoms with van der Waals surface area (Å²) in [7, 11) is 5.83. The van der Waals surface area contributed by atoms with Crippen LogP contribution in [0.2, 0.25) is 0 Å². The lowest BCUT2D eigenvalue weighted by molar-refractivity contribution is 0.0786. The summed E-state index contributed by atoms with van der Waals surface area (Å²) in [5, 5.41) is 0. The maximum absolute atomic E-state index is 12.1. The second-order valence-electron chi connectivity index (χ2n) is 4.77. The van der Waals surface area contributed by atoms with Gasteiger partial charge >= 0.3 is 0 Å². The van der Waals surface area contributed by atoms with E-state index in [9.17, 15) is 4.79 Å². The van der Waals surface area contributed by atoms with Crippen LogP contribution in [0.4, 0.5) is 0 Å². The zero-order chi connectivity index (χ0) is 13.5. The van der Waals surface area contributed by atoms with Crippen molar-refractivity contribution in [1.82, 2.24) is 9.80 Å². The van der Waals surface area contributed by atoms with Gasteiger partial charge in [0.25, 0.3) is 5.91 Å². The highest BCUT2D eigenvalue weighted by atomic mass is 16.2. The predicted octanol–water partition coefficient (Wildman–Crippen LogP) is 0.821. The van der Waals surface area contributed by atoms with Gasteiger partial charge in [0.15, 0.2) is 0 Å². The monoisotopic (exact) mass is 249 g/mol. The van der Waals surface area contributed by atoms with E-state index < -0.39 is 0 Å². The SMILES string of the molecule is CN(C)CCN(C)C(=O)c1ccc(CCN)cc1. The largest absolute Gasteiger partial charge is 0.340 e. The van der Waals surface area contributed by atoms with Crippen LogP contribution in [0.5, 0.6) is 0 Å². The highest BCUT2D eigenvalue weighted by Crippen LogP contribution is 2.07. The van der Waals surface area contributed by atoms with Crippen molar-refractivity contribution in [2.75, 3.05) is 40.8 Å². The predicted molar refractivity (Wildman–Crippen MR) is 74.7 cm³/mol. The molecule has 1 rings (SSSR count). The summed E-state index contributed by atoms with van der Waals surface area (Å²) in [6, 6.07) is 7.69. The number of hydrogen-bond acceptors (Lipinski definition) is 3. The lowest BCUT2D eigenvalue weighted by atomic mass is 10.1. The summed E-state index contributed by atoms with van der Waals surface area (Å²) in [5.41, 5.74) is 7.40. The molecular weight excluding hydrogens is 226 g/mol. The van der Waals surface area contributed by atoms with Gasteiger partial charge in [-0.05, 0) is 44.8 Å². The Labute approximate surface area is 109 Å². The van der Waals surface area contributed by atoms with Crippen LogP contribution in [0.1, 0.15) is 15.9 Å². The number of likely N-dealkylation sites (N-methyl/N-ethyl adjacent to an activating group) is 2. The lowest BCUT2D eigenvalue weighted by Crippen LogP contribution is -2.33. The molecule has 18 heavy (non-hydrogen) atoms. The smallest absolute Gasteiger partial charge is 0.253 e. The molecule has 0 aromatic heterocycles. The normalized spacial score (nSPS) is 10.7. The van der Waals surface area contributed by atoms with Crippen LogP contribution >= 0.6 is 0 Å². The fraction of sp³-hybridized carbons (Fsp3) is 0.500. The van der Waals surface area contributed by atoms with Crippen molar-refractivity contribution in [1.29, 1.82) is 0 Å². The Morgan fingerprint density at radius 2 is 1.72 bits per heavy atom. The molecule has 2 N–H and O–H groups in total. The second-order valence-corrected chi connectivity index (χ2v) is 4.77. The van der Waals surface area contributed by atoms with Crippen molar-refractivity contribution in [2.24, 2.45) is 5.73 Å². The first kappa shape index (κ1) is 14.7. The van der Waals surface area contributed by atoms with Gasteiger partial charge in [-0.1, -0.05) is 12.1 Å². The molecule has 0 spiro atoms. The van der Waals surface area contributed by atoms with E-state index in [0.29, 0.717) is 6.54 Å². The fourth-order valence-electron chi connectivity index (χ4n) is 1.65. The minimum Gasteiger partial charge on any atom is -0.340 e. The molecule has 0 radical (unpaired) electrons. The molecule has 0 atom stereocenters. The Morgan fingerprint density at radius 3 is 2.22 bits per heavy atom. The van der Waals surface area contributed by atoms with Crippen LogP contribution in [-0.2, 0) is 6.42 Å². The van der Waals surface area contributed by atoms with Crippen molar-refractivity contribution >= 4 is 5.91 Å². The molecule has 4 nitrogen and oxygen atoms in total. The minimum atomic E-state index is 0.0659. The van der Waals surface area contributed by atoms with Crippen LogP contribution < -0.4 is 5.73 Å². The number of nitrogens with zero attached hydrogens (tertiary/aromatic N) is 2. The average Bonchev–Trinajstić information content (AvgIpc) is 2.36. The van der Waals surface area contributed by atoms with E-state index >= 15 is 0 Å². The molecule has 0 unspecified atom stereocenters. The molecule has 0 heterocycles. The number of nitrogens with two attached hydrogens (primary N) is 1. The van der Waals surface area contributed by atoms with Gasteiger partial charge in [0.05, 0.1) is 0 Å². The van der Waals surface area contributed by atoms with Crippen molar-refractivity contribution in [3.8, 4) is 0 Å². The zero-order valence-corrected chi connectivity index (χ0v) is 11.5. The molecule has 1 aromatic rings. The van der Waals surface area contributed by atoms with Crippen LogP contribution in [0.3, 0.4) is 0 Å². The average molecular weight is 249 g/mol. The van der Waals surface area contributed by atoms with Gasteiger partial charge in [0, 0.05) is 25.7 Å². The molecule has 0 saturated heterocycles. The molecule has 0 bridgehead atoms. The van der Waals surface area contributed by atoms with Crippen molar-refractivity contribution in [2.45, 2.75) is 6.42 Å². The van der Waals surface area contributed by atoms with Crippen molar-refractivity contribution in [3.63, 3.8) is 0 Å². The summed E-state index contributed by atoms with van der Waals surface area (Å²) in [6.45, 7) is 2.24. The van der Waals surface area contributed by atoms with Crippen molar-refractivity contribution in [3.05, 3.63) is 35.4 Å². The summed E-state index contributed by atoms with van der Waals surface area (Å²) in [6.07, 6.45) is 0.852. The topological polar surface area (TPSA) is 49.6 Å². The number of carbonyl (C=O) groups is 1. The van der Waals surface area contributed by atoms with Gasteiger partial charge in [-0.2, -0.15) is 0 Å². The Hall–Kier alpha value is -1.39. The summed E-state index contributed by atoms with van der Waals surface area (Å²) in [4.78, 5) is 15.9. The molecule has 0 fully saturated rings. The highest BCUT2D eigenvalue weighted by molar-refractivity contribution is 5.94. The Morgan fingerprint density at radius 1 is 1.11 bits per heavy atom. The molecule has 0 aliphatic carbocycles. The molecule has 1 amide bonds. The first-order valence-corrected chi connectivity index (χ1v) is 6.23. The third kappa shape index (κ3) is 4.47. The standard InChI is InChI=1S/C14H23N3O/c1-16(2)10-11-17(3)14(18)13-6-4-12(5-7-13)8-9-15/h4-7H,8-11,15H2,1-3H3. The molecule has 0 aliphatic rings. The molecule has 100 valence electrons. The van der Waals surface area contributed by atoms with Crippen LogP contribution in [-0.4, -0.2) is 56.5 Å². The van der Waals surface area contributed by atoms with E-state index in [-0.39, 0.29) is 5.91 Å². The molecular formula is C14H23N3O. The maximum Gasteiger partial charge on any atom is 0.253 e. The molecule has 0 saturated carbocycles. The van der Waals surface area contributed by atoms with Gasteiger partial charge in [-0.15, -0.1) is 0 Å². The number of carbonyl (C=O) groups excluding carboxylic acids is 1. The number of hydrogen-bond donors (Lipinski definition) is 1. The van der Waals surface area contributed by atoms with Crippen molar-refractivity contribution < 1.29 is 4.79 Å². The Bertz CT molecular complexity index is 373. The Balaban J connectivity index is 2.60. The summed E-state index contributed by atoms with van der Waals surface area (Å²) in [5.74, 6) is 0.0659. The second kappa shape index (κ2) is 7.13. The van der Waals surface area contributed by atoms with Crippen LogP contribution in [0.15, 0.2) is 24.3 Å². The van der Waals surface area contributed by atoms with Gasteiger partial charge in [0.1, 0.15) is 0 Å². The van der Waals surface area contributed by atoms with E-state index in [0.717, 1.165) is 25.1 Å². The van der Waals surface area contributed by atoms with Gasteiger partial charge < -0.3 is 15.5 Å². The van der Waals surface area contributed by atoms with Gasteiger partial charge in [-0.3, -0.25) is 4.79 Å². The van der Waals surface area contributed by atoms with Crippen LogP contribution in [0.25, 0.3) is 0 Å². The summed E-state index contributed by atoms with van der Waals surface area (Å²) >= 11 is 0. The first-order chi connectivity index (χ1) is 8.54. The van der Waals surface area contributed by atoms with E-state index in [1.165, 1.54) is 5.56 Å². The molecule has 1 aromatic carbocycles. The van der Waals surface area contributed by atoms with E-state index in [4.69, 9.17) is 5.73 Å². The Kier molecular flexibility index (Phi) is 5.82. The minimum absolute atomic E-state index is 0.0659. The van der Waals surface area contributed by atoms with E-state index in [2.05, 4.69) is 4.90 Å². The number of amides is 1. The quantitative estimate of drug-likeness (QED) is 0.812. The first-order valence-electron chi connectivity index (χ1n) is 6.23. The fourth-order valence-corrected chi connectivity index (χ4v) is 1.65. The molecule has 4 heteroatoms. The zero-order valence-electron chi connectivity index (χ0n) is 11.5. The van der Waals surface area contributed by atoms with Gasteiger partial charge in [0.2, 0.25) is 0 Å². The third-order valence-corrected chi connectivity index (χ3v) is 2.86. The summed E-state index contributed by atoms with van der Waals surface area (Å²) < 4.78 is 0. The van der Waals surface area contributed by atoms with E-state index in [1.54, 1.807) is 4.90 Å². The number of rotatable bonds is 6. The van der Waals surface area contributed by atoms with Crippen LogP contribution in [0, 0.1) is 0 Å². The van der Waals surface area contributed by atoms with E-state index in [1.807, 2.05) is 45.4 Å². The number of benzene rings is 1. The lowest BCUT2D eigenvalue weighted by Gasteiger charge is -2.19. The highest BCUT2D eigenvalue weighted by Gasteiger charge is 2.11. The third-order valence-electron chi connectivity index (χ3n) is 2.86. The van der Waals surface area contributed by atoms with Gasteiger partial charge in [-0.25, -0.2) is 0 Å².